The lowest BCUT2D eigenvalue weighted by Gasteiger charge is -2.19. The lowest BCUT2D eigenvalue weighted by atomic mass is 9.87. The molecule has 0 unspecified atom stereocenters. The summed E-state index contributed by atoms with van der Waals surface area (Å²) in [6.45, 7) is 6.45. The fourth-order valence-electron chi connectivity index (χ4n) is 3.05. The van der Waals surface area contributed by atoms with Crippen molar-refractivity contribution >= 4 is 23.1 Å². The van der Waals surface area contributed by atoms with E-state index in [-0.39, 0.29) is 11.3 Å². The summed E-state index contributed by atoms with van der Waals surface area (Å²) < 4.78 is 1.67. The Morgan fingerprint density at radius 1 is 0.935 bits per heavy atom. The minimum Gasteiger partial charge on any atom is -0.340 e. The van der Waals surface area contributed by atoms with Crippen LogP contribution in [0.3, 0.4) is 0 Å². The van der Waals surface area contributed by atoms with Crippen LogP contribution in [0, 0.1) is 0 Å². The number of carbonyl (C=O) groups excluding carboxylic acids is 1. The largest absolute Gasteiger partial charge is 0.340 e. The Hall–Kier alpha value is -4.00. The fourth-order valence-corrected chi connectivity index (χ4v) is 3.05. The predicted molar refractivity (Wildman–Crippen MR) is 122 cm³/mol. The summed E-state index contributed by atoms with van der Waals surface area (Å²) in [6, 6.07) is 18.8. The summed E-state index contributed by atoms with van der Waals surface area (Å²) >= 11 is 0. The number of amides is 1. The molecule has 0 saturated heterocycles. The Kier molecular flexibility index (Phi) is 5.49. The summed E-state index contributed by atoms with van der Waals surface area (Å²) in [7, 11) is 0. The van der Waals surface area contributed by atoms with Crippen molar-refractivity contribution in [3.8, 4) is 5.82 Å². The third-order valence-corrected chi connectivity index (χ3v) is 4.82. The van der Waals surface area contributed by atoms with E-state index in [1.165, 1.54) is 11.9 Å². The van der Waals surface area contributed by atoms with Gasteiger partial charge >= 0.3 is 0 Å². The molecule has 0 aliphatic carbocycles. The monoisotopic (exact) mass is 412 g/mol. The Morgan fingerprint density at radius 2 is 1.65 bits per heavy atom. The number of nitrogens with one attached hydrogen (secondary N) is 2. The molecule has 4 rings (SSSR count). The Labute approximate surface area is 181 Å². The normalized spacial score (nSPS) is 11.2. The molecular weight excluding hydrogens is 388 g/mol. The minimum atomic E-state index is -0.138. The second-order valence-corrected chi connectivity index (χ2v) is 8.20. The van der Waals surface area contributed by atoms with Crippen LogP contribution in [0.15, 0.2) is 79.4 Å². The number of anilines is 3. The van der Waals surface area contributed by atoms with E-state index >= 15 is 0 Å². The summed E-state index contributed by atoms with van der Waals surface area (Å²) in [5.74, 6) is 1.18. The van der Waals surface area contributed by atoms with Crippen LogP contribution < -0.4 is 10.6 Å². The number of nitrogens with zero attached hydrogens (tertiary/aromatic N) is 4. The van der Waals surface area contributed by atoms with Gasteiger partial charge in [-0.05, 0) is 53.4 Å². The maximum atomic E-state index is 12.5. The van der Waals surface area contributed by atoms with Crippen LogP contribution in [0.4, 0.5) is 17.2 Å². The predicted octanol–water partition coefficient (Wildman–Crippen LogP) is 4.96. The van der Waals surface area contributed by atoms with E-state index < -0.39 is 0 Å². The molecule has 0 saturated carbocycles. The van der Waals surface area contributed by atoms with E-state index in [0.717, 1.165) is 11.4 Å². The average molecular weight is 412 g/mol. The molecule has 0 bridgehead atoms. The maximum absolute atomic E-state index is 12.5. The van der Waals surface area contributed by atoms with E-state index in [0.29, 0.717) is 17.2 Å². The first-order valence-corrected chi connectivity index (χ1v) is 9.99. The first-order valence-electron chi connectivity index (χ1n) is 9.99. The number of rotatable bonds is 5. The van der Waals surface area contributed by atoms with E-state index in [1.54, 1.807) is 10.9 Å². The van der Waals surface area contributed by atoms with E-state index in [4.69, 9.17) is 0 Å². The van der Waals surface area contributed by atoms with Crippen LogP contribution in [0.25, 0.3) is 5.82 Å². The lowest BCUT2D eigenvalue weighted by molar-refractivity contribution is 0.102. The van der Waals surface area contributed by atoms with Crippen LogP contribution in [0.5, 0.6) is 0 Å². The van der Waals surface area contributed by atoms with Crippen LogP contribution in [-0.2, 0) is 5.41 Å². The molecule has 0 fully saturated rings. The van der Waals surface area contributed by atoms with Gasteiger partial charge in [-0.15, -0.1) is 0 Å². The number of benzene rings is 2. The van der Waals surface area contributed by atoms with Gasteiger partial charge in [0.2, 0.25) is 0 Å². The molecule has 0 spiro atoms. The van der Waals surface area contributed by atoms with Crippen LogP contribution in [0.1, 0.15) is 36.7 Å². The molecule has 0 atom stereocenters. The first-order chi connectivity index (χ1) is 14.9. The highest BCUT2D eigenvalue weighted by Gasteiger charge is 2.14. The second-order valence-electron chi connectivity index (χ2n) is 8.20. The smallest absolute Gasteiger partial charge is 0.255 e. The van der Waals surface area contributed by atoms with Gasteiger partial charge in [0.05, 0.1) is 0 Å². The maximum Gasteiger partial charge on any atom is 0.255 e. The first kappa shape index (κ1) is 20.3. The molecule has 7 heteroatoms. The van der Waals surface area contributed by atoms with Gasteiger partial charge in [-0.2, -0.15) is 5.10 Å². The standard InChI is InChI=1S/C24H24N6O/c1-24(2,3)18-7-5-17(6-8-18)23(31)29-20-11-9-19(10-12-20)28-21-15-22(26-16-25-21)30-14-4-13-27-30/h4-16H,1-3H3,(H,29,31)(H,25,26,28). The molecular formula is C24H24N6O. The molecule has 2 N–H and O–H groups in total. The van der Waals surface area contributed by atoms with Gasteiger partial charge in [0.25, 0.3) is 5.91 Å². The Morgan fingerprint density at radius 3 is 2.29 bits per heavy atom. The second kappa shape index (κ2) is 8.39. The fraction of sp³-hybridized carbons (Fsp3) is 0.167. The van der Waals surface area contributed by atoms with Crippen molar-refractivity contribution in [3.05, 3.63) is 90.5 Å². The Bertz CT molecular complexity index is 1160. The SMILES string of the molecule is CC(C)(C)c1ccc(C(=O)Nc2ccc(Nc3cc(-n4cccn4)ncn3)cc2)cc1. The zero-order chi connectivity index (χ0) is 21.8. The van der Waals surface area contributed by atoms with Crippen molar-refractivity contribution in [1.29, 1.82) is 0 Å². The summed E-state index contributed by atoms with van der Waals surface area (Å²) in [6.07, 6.45) is 5.00. The zero-order valence-corrected chi connectivity index (χ0v) is 17.7. The molecule has 31 heavy (non-hydrogen) atoms. The number of hydrogen-bond donors (Lipinski definition) is 2. The molecule has 0 aliphatic rings. The van der Waals surface area contributed by atoms with Crippen LogP contribution >= 0.6 is 0 Å². The molecule has 7 nitrogen and oxygen atoms in total. The molecule has 0 radical (unpaired) electrons. The molecule has 1 amide bonds. The van der Waals surface area contributed by atoms with Gasteiger partial charge < -0.3 is 10.6 Å². The van der Waals surface area contributed by atoms with Crippen LogP contribution in [0.2, 0.25) is 0 Å². The lowest BCUT2D eigenvalue weighted by Crippen LogP contribution is -2.14. The van der Waals surface area contributed by atoms with Crippen molar-refractivity contribution in [1.82, 2.24) is 19.7 Å². The quantitative estimate of drug-likeness (QED) is 0.484. The average Bonchev–Trinajstić information content (AvgIpc) is 3.30. The molecule has 0 aliphatic heterocycles. The van der Waals surface area contributed by atoms with E-state index in [1.807, 2.05) is 66.9 Å². The van der Waals surface area contributed by atoms with Crippen molar-refractivity contribution in [2.24, 2.45) is 0 Å². The van der Waals surface area contributed by atoms with Crippen molar-refractivity contribution < 1.29 is 4.79 Å². The van der Waals surface area contributed by atoms with Gasteiger partial charge in [0, 0.05) is 35.4 Å². The number of hydrogen-bond acceptors (Lipinski definition) is 5. The highest BCUT2D eigenvalue weighted by molar-refractivity contribution is 6.04. The van der Waals surface area contributed by atoms with E-state index in [9.17, 15) is 4.79 Å². The molecule has 4 aromatic rings. The highest BCUT2D eigenvalue weighted by atomic mass is 16.1. The van der Waals surface area contributed by atoms with Gasteiger partial charge in [-0.25, -0.2) is 14.6 Å². The third-order valence-electron chi connectivity index (χ3n) is 4.82. The molecule has 2 aromatic carbocycles. The summed E-state index contributed by atoms with van der Waals surface area (Å²) in [5, 5.41) is 10.3. The molecule has 2 aromatic heterocycles. The minimum absolute atomic E-state index is 0.0562. The van der Waals surface area contributed by atoms with Gasteiger partial charge in [0.1, 0.15) is 12.1 Å². The van der Waals surface area contributed by atoms with Crippen molar-refractivity contribution in [2.45, 2.75) is 26.2 Å². The number of carbonyl (C=O) groups is 1. The van der Waals surface area contributed by atoms with Gasteiger partial charge in [0.15, 0.2) is 5.82 Å². The molecule has 2 heterocycles. The molecule has 156 valence electrons. The number of aromatic nitrogens is 4. The van der Waals surface area contributed by atoms with Crippen LogP contribution in [-0.4, -0.2) is 25.7 Å². The summed E-state index contributed by atoms with van der Waals surface area (Å²) in [5.41, 5.74) is 3.44. The van der Waals surface area contributed by atoms with Gasteiger partial charge in [-0.3, -0.25) is 4.79 Å². The summed E-state index contributed by atoms with van der Waals surface area (Å²) in [4.78, 5) is 21.0. The topological polar surface area (TPSA) is 84.7 Å². The zero-order valence-electron chi connectivity index (χ0n) is 17.7. The van der Waals surface area contributed by atoms with E-state index in [2.05, 4.69) is 46.5 Å². The Balaban J connectivity index is 1.40. The van der Waals surface area contributed by atoms with Crippen molar-refractivity contribution in [2.75, 3.05) is 10.6 Å². The van der Waals surface area contributed by atoms with Crippen molar-refractivity contribution in [3.63, 3.8) is 0 Å². The third kappa shape index (κ3) is 4.95. The van der Waals surface area contributed by atoms with Gasteiger partial charge in [-0.1, -0.05) is 32.9 Å². The highest BCUT2D eigenvalue weighted by Crippen LogP contribution is 2.23.